The quantitative estimate of drug-likeness (QED) is 0.188. The van der Waals surface area contributed by atoms with Crippen molar-refractivity contribution in [3.63, 3.8) is 0 Å². The molecule has 1 saturated heterocycles. The molecule has 3 aromatic carbocycles. The molecule has 4 aromatic rings. The zero-order chi connectivity index (χ0) is 32.0. The Bertz CT molecular complexity index is 2080. The number of imide groups is 1. The number of ether oxygens (including phenoxy) is 1. The van der Waals surface area contributed by atoms with Crippen molar-refractivity contribution < 1.29 is 23.8 Å². The second-order valence-corrected chi connectivity index (χ2v) is 13.1. The van der Waals surface area contributed by atoms with Gasteiger partial charge in [0.15, 0.2) is 21.2 Å². The molecule has 1 saturated carbocycles. The van der Waals surface area contributed by atoms with Gasteiger partial charge in [-0.2, -0.15) is 0 Å². The van der Waals surface area contributed by atoms with Crippen LogP contribution >= 0.6 is 39.1 Å². The van der Waals surface area contributed by atoms with Crippen LogP contribution in [0.1, 0.15) is 23.9 Å². The third kappa shape index (κ3) is 3.91. The summed E-state index contributed by atoms with van der Waals surface area (Å²) in [6.07, 6.45) is 1.38. The van der Waals surface area contributed by atoms with Gasteiger partial charge in [-0.05, 0) is 75.6 Å². The van der Waals surface area contributed by atoms with Gasteiger partial charge in [0.05, 0.1) is 35.5 Å². The summed E-state index contributed by atoms with van der Waals surface area (Å²) in [5.41, 5.74) is -0.0359. The van der Waals surface area contributed by atoms with E-state index < -0.39 is 50.7 Å². The number of allylic oxidation sites excluding steroid dienone is 2. The van der Waals surface area contributed by atoms with Gasteiger partial charge in [0, 0.05) is 12.3 Å². The molecule has 7 rings (SSSR count). The van der Waals surface area contributed by atoms with Crippen molar-refractivity contribution >= 4 is 56.6 Å². The standard InChI is InChI=1S/C31H22BrCl2FN4O6/c1-45-23-14-16(13-21(32)25(23)40)24-20-11-12-36-28(43)38(18-5-3-2-4-6-18)29(44)39(36)22(20)15-30(33)26(41)37(27(42)31(24,30)34)19-9-7-17(35)8-10-19/h2-11,13-14,22,24,40H,12,15H2,1H3/t22-,24+,30-,31+/m1/s1. The Labute approximate surface area is 272 Å². The number of hydrogen-bond donors (Lipinski definition) is 1. The van der Waals surface area contributed by atoms with E-state index in [4.69, 9.17) is 27.9 Å². The van der Waals surface area contributed by atoms with Crippen molar-refractivity contribution in [3.05, 3.63) is 115 Å². The molecule has 0 bridgehead atoms. The lowest BCUT2D eigenvalue weighted by Crippen LogP contribution is -2.59. The number of hydrogen-bond acceptors (Lipinski definition) is 6. The first kappa shape index (κ1) is 29.6. The highest BCUT2D eigenvalue weighted by atomic mass is 79.9. The van der Waals surface area contributed by atoms with Gasteiger partial charge in [-0.15, -0.1) is 23.2 Å². The Morgan fingerprint density at radius 3 is 2.31 bits per heavy atom. The normalized spacial score (nSPS) is 25.4. The van der Waals surface area contributed by atoms with Crippen molar-refractivity contribution in [2.45, 2.75) is 34.7 Å². The van der Waals surface area contributed by atoms with E-state index in [9.17, 15) is 28.7 Å². The number of carbonyl (C=O) groups excluding carboxylic acids is 2. The largest absolute Gasteiger partial charge is 0.503 e. The van der Waals surface area contributed by atoms with Crippen molar-refractivity contribution in [1.29, 1.82) is 0 Å². The lowest BCUT2D eigenvalue weighted by Gasteiger charge is -2.49. The van der Waals surface area contributed by atoms with Crippen LogP contribution in [0.25, 0.3) is 5.69 Å². The van der Waals surface area contributed by atoms with Crippen LogP contribution in [0.3, 0.4) is 0 Å². The fourth-order valence-corrected chi connectivity index (χ4v) is 8.12. The summed E-state index contributed by atoms with van der Waals surface area (Å²) < 4.78 is 23.0. The van der Waals surface area contributed by atoms with Crippen molar-refractivity contribution in [2.24, 2.45) is 0 Å². The highest BCUT2D eigenvalue weighted by molar-refractivity contribution is 9.10. The van der Waals surface area contributed by atoms with Crippen LogP contribution in [0.4, 0.5) is 10.1 Å². The monoisotopic (exact) mass is 714 g/mol. The number of anilines is 1. The number of halogens is 4. The molecule has 1 aliphatic carbocycles. The fourth-order valence-electron chi connectivity index (χ4n) is 6.75. The number of phenolic OH excluding ortho intramolecular Hbond substituents is 1. The third-order valence-corrected chi connectivity index (χ3v) is 10.8. The minimum absolute atomic E-state index is 0.0430. The van der Waals surface area contributed by atoms with E-state index in [1.165, 1.54) is 40.7 Å². The SMILES string of the molecule is COc1cc([C@H]2C3=CCn4c(=O)n(-c5ccccc5)c(=O)n4[C@@H]3C[C@@]3(Cl)C(=O)N(c4ccc(F)cc4)C(=O)[C@@]23Cl)cc(Br)c1O. The molecule has 10 nitrogen and oxygen atoms in total. The predicted molar refractivity (Wildman–Crippen MR) is 167 cm³/mol. The Morgan fingerprint density at radius 1 is 0.956 bits per heavy atom. The van der Waals surface area contributed by atoms with Crippen LogP contribution < -0.4 is 21.0 Å². The van der Waals surface area contributed by atoms with Gasteiger partial charge < -0.3 is 9.84 Å². The molecular formula is C31H22BrCl2FN4O6. The Balaban J connectivity index is 1.49. The molecule has 230 valence electrons. The van der Waals surface area contributed by atoms with Gasteiger partial charge in [0.1, 0.15) is 5.82 Å². The molecule has 3 aliphatic rings. The topological polar surface area (TPSA) is 116 Å². The molecule has 45 heavy (non-hydrogen) atoms. The Hall–Kier alpha value is -4.13. The van der Waals surface area contributed by atoms with Crippen molar-refractivity contribution in [3.8, 4) is 17.2 Å². The number of aromatic hydroxyl groups is 1. The number of aromatic nitrogens is 3. The maximum Gasteiger partial charge on any atom is 0.352 e. The summed E-state index contributed by atoms with van der Waals surface area (Å²) in [5.74, 6) is -3.60. The number of phenols is 1. The highest BCUT2D eigenvalue weighted by Crippen LogP contribution is 2.64. The van der Waals surface area contributed by atoms with Gasteiger partial charge in [0.2, 0.25) is 0 Å². The van der Waals surface area contributed by atoms with Crippen LogP contribution in [0.2, 0.25) is 0 Å². The maximum atomic E-state index is 14.4. The van der Waals surface area contributed by atoms with Gasteiger partial charge in [0.25, 0.3) is 11.8 Å². The summed E-state index contributed by atoms with van der Waals surface area (Å²) >= 11 is 18.0. The number of nitrogens with zero attached hydrogens (tertiary/aromatic N) is 4. The molecule has 3 heterocycles. The summed E-state index contributed by atoms with van der Waals surface area (Å²) in [6, 6.07) is 15.2. The number of rotatable bonds is 4. The van der Waals surface area contributed by atoms with Gasteiger partial charge in [-0.25, -0.2) is 32.8 Å². The van der Waals surface area contributed by atoms with E-state index in [0.29, 0.717) is 16.8 Å². The number of carbonyl (C=O) groups is 2. The van der Waals surface area contributed by atoms with Crippen LogP contribution in [0.15, 0.2) is 92.4 Å². The van der Waals surface area contributed by atoms with Gasteiger partial charge >= 0.3 is 11.4 Å². The maximum absolute atomic E-state index is 14.4. The lowest BCUT2D eigenvalue weighted by molar-refractivity contribution is -0.122. The second kappa shape index (κ2) is 10.2. The van der Waals surface area contributed by atoms with E-state index in [1.807, 2.05) is 0 Å². The molecule has 4 atom stereocenters. The van der Waals surface area contributed by atoms with Crippen LogP contribution in [-0.4, -0.2) is 47.7 Å². The zero-order valence-electron chi connectivity index (χ0n) is 23.3. The van der Waals surface area contributed by atoms with Crippen LogP contribution in [-0.2, 0) is 16.1 Å². The number of methoxy groups -OCH3 is 1. The highest BCUT2D eigenvalue weighted by Gasteiger charge is 2.75. The molecule has 2 amide bonds. The molecule has 0 radical (unpaired) electrons. The molecule has 0 unspecified atom stereocenters. The summed E-state index contributed by atoms with van der Waals surface area (Å²) in [5, 5.41) is 10.6. The molecule has 1 N–H and O–H groups in total. The zero-order valence-corrected chi connectivity index (χ0v) is 26.4. The average molecular weight is 716 g/mol. The third-order valence-electron chi connectivity index (χ3n) is 8.78. The Kier molecular flexibility index (Phi) is 6.70. The smallest absolute Gasteiger partial charge is 0.352 e. The number of alkyl halides is 2. The van der Waals surface area contributed by atoms with Crippen molar-refractivity contribution in [2.75, 3.05) is 12.0 Å². The molecular weight excluding hydrogens is 694 g/mol. The van der Waals surface area contributed by atoms with E-state index in [0.717, 1.165) is 21.6 Å². The number of para-hydroxylation sites is 1. The second-order valence-electron chi connectivity index (χ2n) is 11.0. The number of fused-ring (bicyclic) bond motifs is 4. The summed E-state index contributed by atoms with van der Waals surface area (Å²) in [7, 11) is 1.35. The Morgan fingerprint density at radius 2 is 1.64 bits per heavy atom. The minimum Gasteiger partial charge on any atom is -0.503 e. The van der Waals surface area contributed by atoms with E-state index in [-0.39, 0.29) is 34.6 Å². The predicted octanol–water partition coefficient (Wildman–Crippen LogP) is 4.61. The number of benzene rings is 3. The summed E-state index contributed by atoms with van der Waals surface area (Å²) in [6.45, 7) is -0.0430. The van der Waals surface area contributed by atoms with E-state index in [1.54, 1.807) is 36.4 Å². The minimum atomic E-state index is -2.15. The number of amides is 2. The van der Waals surface area contributed by atoms with E-state index in [2.05, 4.69) is 15.9 Å². The van der Waals surface area contributed by atoms with Gasteiger partial charge in [-0.3, -0.25) is 9.59 Å². The van der Waals surface area contributed by atoms with Crippen LogP contribution in [0, 0.1) is 5.82 Å². The van der Waals surface area contributed by atoms with Crippen molar-refractivity contribution in [1.82, 2.24) is 13.9 Å². The first-order valence-corrected chi connectivity index (χ1v) is 15.3. The first-order valence-electron chi connectivity index (χ1n) is 13.7. The molecule has 2 fully saturated rings. The molecule has 1 aromatic heterocycles. The first-order chi connectivity index (χ1) is 21.4. The lowest BCUT2D eigenvalue weighted by atomic mass is 9.64. The molecule has 0 spiro atoms. The average Bonchev–Trinajstić information content (AvgIpc) is 3.37. The van der Waals surface area contributed by atoms with E-state index >= 15 is 0 Å². The molecule has 14 heteroatoms. The summed E-state index contributed by atoms with van der Waals surface area (Å²) in [4.78, 5) is 52.9. The molecule has 2 aliphatic heterocycles. The van der Waals surface area contributed by atoms with Crippen LogP contribution in [0.5, 0.6) is 11.5 Å². The fraction of sp³-hybridized carbons (Fsp3) is 0.226. The van der Waals surface area contributed by atoms with Gasteiger partial charge in [-0.1, -0.05) is 24.3 Å².